The summed E-state index contributed by atoms with van der Waals surface area (Å²) in [4.78, 5) is 26.6. The predicted molar refractivity (Wildman–Crippen MR) is 139 cm³/mol. The first-order chi connectivity index (χ1) is 17.0. The predicted octanol–water partition coefficient (Wildman–Crippen LogP) is 5.69. The number of hydrogen-bond donors (Lipinski definition) is 2. The molecule has 0 unspecified atom stereocenters. The van der Waals surface area contributed by atoms with Crippen LogP contribution in [0, 0.1) is 5.92 Å². The number of methoxy groups -OCH3 is 2. The number of carbonyl (C=O) groups excluding carboxylic acids is 2. The molecule has 2 N–H and O–H groups in total. The van der Waals surface area contributed by atoms with Crippen molar-refractivity contribution < 1.29 is 23.8 Å². The summed E-state index contributed by atoms with van der Waals surface area (Å²) in [6, 6.07) is 16.1. The maximum absolute atomic E-state index is 13.1. The Hall–Kier alpha value is -3.52. The molecular weight excluding hydrogens is 464 g/mol. The van der Waals surface area contributed by atoms with Crippen molar-refractivity contribution in [2.45, 2.75) is 32.7 Å². The number of thiophene rings is 1. The fraction of sp³-hybridized carbons (Fsp3) is 0.333. The molecule has 0 aliphatic carbocycles. The molecule has 1 aromatic heterocycles. The van der Waals surface area contributed by atoms with E-state index in [1.807, 2.05) is 17.5 Å². The second-order valence-corrected chi connectivity index (χ2v) is 8.93. The molecule has 2 amide bonds. The zero-order valence-electron chi connectivity index (χ0n) is 20.5. The second-order valence-electron chi connectivity index (χ2n) is 7.95. The second kappa shape index (κ2) is 12.8. The van der Waals surface area contributed by atoms with E-state index in [9.17, 15) is 9.59 Å². The highest BCUT2D eigenvalue weighted by molar-refractivity contribution is 7.10. The molecule has 186 valence electrons. The van der Waals surface area contributed by atoms with Crippen molar-refractivity contribution in [3.63, 3.8) is 0 Å². The van der Waals surface area contributed by atoms with Crippen LogP contribution in [0.1, 0.15) is 48.0 Å². The molecule has 0 saturated heterocycles. The Morgan fingerprint density at radius 3 is 2.31 bits per heavy atom. The highest BCUT2D eigenvalue weighted by Crippen LogP contribution is 2.32. The van der Waals surface area contributed by atoms with E-state index in [2.05, 4.69) is 30.5 Å². The van der Waals surface area contributed by atoms with Crippen LogP contribution in [0.4, 0.5) is 5.69 Å². The van der Waals surface area contributed by atoms with Crippen molar-refractivity contribution in [2.24, 2.45) is 5.92 Å². The van der Waals surface area contributed by atoms with Gasteiger partial charge in [0, 0.05) is 10.4 Å². The Bertz CT molecular complexity index is 1110. The summed E-state index contributed by atoms with van der Waals surface area (Å²) in [5.74, 6) is 1.11. The van der Waals surface area contributed by atoms with Gasteiger partial charge in [0.2, 0.25) is 0 Å². The smallest absolute Gasteiger partial charge is 0.262 e. The van der Waals surface area contributed by atoms with Gasteiger partial charge in [-0.25, -0.2) is 0 Å². The molecule has 3 rings (SSSR count). The molecule has 0 spiro atoms. The van der Waals surface area contributed by atoms with E-state index in [4.69, 9.17) is 14.2 Å². The third-order valence-corrected chi connectivity index (χ3v) is 6.78. The standard InChI is InChI=1S/C27H32N2O5S/c1-5-18(6-2)26(24-12-9-15-35-24)29-27(31)19-13-14-22(23(16-19)33-4)34-17-25(30)28-20-10-7-8-11-21(20)32-3/h7-16,18,26H,5-6,17H2,1-4H3,(H,28,30)(H,29,31)/t26-/m1/s1. The zero-order valence-corrected chi connectivity index (χ0v) is 21.3. The lowest BCUT2D eigenvalue weighted by Crippen LogP contribution is -2.32. The van der Waals surface area contributed by atoms with Gasteiger partial charge in [-0.2, -0.15) is 0 Å². The summed E-state index contributed by atoms with van der Waals surface area (Å²) in [6.45, 7) is 4.05. The molecule has 0 aliphatic heterocycles. The van der Waals surface area contributed by atoms with E-state index in [-0.39, 0.29) is 24.5 Å². The molecular formula is C27H32N2O5S. The molecule has 2 aromatic carbocycles. The van der Waals surface area contributed by atoms with Gasteiger partial charge in [-0.1, -0.05) is 44.9 Å². The van der Waals surface area contributed by atoms with Crippen molar-refractivity contribution in [2.75, 3.05) is 26.1 Å². The molecule has 0 aliphatic rings. The summed E-state index contributed by atoms with van der Waals surface area (Å²) in [5, 5.41) is 7.98. The maximum atomic E-state index is 13.1. The van der Waals surface area contributed by atoms with Crippen LogP contribution in [-0.2, 0) is 4.79 Å². The summed E-state index contributed by atoms with van der Waals surface area (Å²) in [5.41, 5.74) is 1.01. The van der Waals surface area contributed by atoms with Crippen LogP contribution in [0.25, 0.3) is 0 Å². The van der Waals surface area contributed by atoms with Crippen LogP contribution in [0.15, 0.2) is 60.0 Å². The number of para-hydroxylation sites is 2. The van der Waals surface area contributed by atoms with Crippen molar-refractivity contribution >= 4 is 28.8 Å². The first kappa shape index (κ1) is 26.1. The molecule has 1 atom stereocenters. The lowest BCUT2D eigenvalue weighted by molar-refractivity contribution is -0.118. The Labute approximate surface area is 210 Å². The van der Waals surface area contributed by atoms with E-state index in [1.165, 1.54) is 14.2 Å². The van der Waals surface area contributed by atoms with Crippen molar-refractivity contribution in [1.82, 2.24) is 5.32 Å². The largest absolute Gasteiger partial charge is 0.495 e. The lowest BCUT2D eigenvalue weighted by Gasteiger charge is -2.25. The van der Waals surface area contributed by atoms with Crippen LogP contribution in [0.3, 0.4) is 0 Å². The van der Waals surface area contributed by atoms with Crippen LogP contribution >= 0.6 is 11.3 Å². The zero-order chi connectivity index (χ0) is 25.2. The van der Waals surface area contributed by atoms with Gasteiger partial charge in [-0.05, 0) is 47.7 Å². The third kappa shape index (κ3) is 6.76. The number of anilines is 1. The first-order valence-corrected chi connectivity index (χ1v) is 12.5. The number of rotatable bonds is 12. The van der Waals surface area contributed by atoms with Gasteiger partial charge in [0.25, 0.3) is 11.8 Å². The van der Waals surface area contributed by atoms with Gasteiger partial charge < -0.3 is 24.8 Å². The normalized spacial score (nSPS) is 11.6. The Morgan fingerprint density at radius 2 is 1.66 bits per heavy atom. The Morgan fingerprint density at radius 1 is 0.914 bits per heavy atom. The number of hydrogen-bond acceptors (Lipinski definition) is 6. The minimum Gasteiger partial charge on any atom is -0.495 e. The van der Waals surface area contributed by atoms with E-state index in [1.54, 1.807) is 47.7 Å². The third-order valence-electron chi connectivity index (χ3n) is 5.82. The van der Waals surface area contributed by atoms with Gasteiger partial charge in [0.15, 0.2) is 18.1 Å². The molecule has 7 nitrogen and oxygen atoms in total. The summed E-state index contributed by atoms with van der Waals surface area (Å²) in [7, 11) is 3.04. The summed E-state index contributed by atoms with van der Waals surface area (Å²) >= 11 is 1.64. The fourth-order valence-corrected chi connectivity index (χ4v) is 4.75. The van der Waals surface area contributed by atoms with Crippen molar-refractivity contribution in [3.8, 4) is 17.2 Å². The van der Waals surface area contributed by atoms with E-state index < -0.39 is 0 Å². The van der Waals surface area contributed by atoms with Crippen LogP contribution in [-0.4, -0.2) is 32.6 Å². The van der Waals surface area contributed by atoms with Gasteiger partial charge in [0.1, 0.15) is 5.75 Å². The minimum absolute atomic E-state index is 0.0573. The van der Waals surface area contributed by atoms with E-state index >= 15 is 0 Å². The summed E-state index contributed by atoms with van der Waals surface area (Å²) < 4.78 is 16.4. The van der Waals surface area contributed by atoms with Gasteiger partial charge in [-0.3, -0.25) is 9.59 Å². The molecule has 1 heterocycles. The number of carbonyl (C=O) groups is 2. The topological polar surface area (TPSA) is 85.9 Å². The molecule has 3 aromatic rings. The molecule has 35 heavy (non-hydrogen) atoms. The molecule has 8 heteroatoms. The SMILES string of the molecule is CCC(CC)[C@@H](NC(=O)c1ccc(OCC(=O)Nc2ccccc2OC)c(OC)c1)c1cccs1. The Balaban J connectivity index is 1.68. The van der Waals surface area contributed by atoms with E-state index in [0.717, 1.165) is 17.7 Å². The molecule has 0 saturated carbocycles. The monoisotopic (exact) mass is 496 g/mol. The number of ether oxygens (including phenoxy) is 3. The maximum Gasteiger partial charge on any atom is 0.262 e. The average Bonchev–Trinajstić information content (AvgIpc) is 3.42. The number of nitrogens with one attached hydrogen (secondary N) is 2. The van der Waals surface area contributed by atoms with Gasteiger partial charge in [-0.15, -0.1) is 11.3 Å². The first-order valence-electron chi connectivity index (χ1n) is 11.6. The molecule has 0 bridgehead atoms. The quantitative estimate of drug-likeness (QED) is 0.336. The highest BCUT2D eigenvalue weighted by atomic mass is 32.1. The Kier molecular flexibility index (Phi) is 9.55. The summed E-state index contributed by atoms with van der Waals surface area (Å²) in [6.07, 6.45) is 1.93. The van der Waals surface area contributed by atoms with Crippen LogP contribution in [0.5, 0.6) is 17.2 Å². The van der Waals surface area contributed by atoms with Crippen LogP contribution < -0.4 is 24.8 Å². The molecule has 0 fully saturated rings. The average molecular weight is 497 g/mol. The number of benzene rings is 2. The lowest BCUT2D eigenvalue weighted by atomic mass is 9.92. The van der Waals surface area contributed by atoms with Crippen LogP contribution in [0.2, 0.25) is 0 Å². The highest BCUT2D eigenvalue weighted by Gasteiger charge is 2.24. The molecule has 0 radical (unpaired) electrons. The minimum atomic E-state index is -0.345. The van der Waals surface area contributed by atoms with Crippen molar-refractivity contribution in [1.29, 1.82) is 0 Å². The van der Waals surface area contributed by atoms with Gasteiger partial charge in [0.05, 0.1) is 25.9 Å². The van der Waals surface area contributed by atoms with Crippen molar-refractivity contribution in [3.05, 3.63) is 70.4 Å². The number of amides is 2. The fourth-order valence-electron chi connectivity index (χ4n) is 3.88. The van der Waals surface area contributed by atoms with Gasteiger partial charge >= 0.3 is 0 Å². The van der Waals surface area contributed by atoms with E-state index in [0.29, 0.717) is 34.4 Å².